The minimum atomic E-state index is -0.133. The van der Waals surface area contributed by atoms with Gasteiger partial charge < -0.3 is 9.84 Å². The summed E-state index contributed by atoms with van der Waals surface area (Å²) in [5.74, 6) is 2.14. The van der Waals surface area contributed by atoms with Gasteiger partial charge in [0.2, 0.25) is 5.91 Å². The Morgan fingerprint density at radius 2 is 2.36 bits per heavy atom. The van der Waals surface area contributed by atoms with Crippen LogP contribution in [-0.2, 0) is 17.6 Å². The first-order chi connectivity index (χ1) is 12.0. The molecule has 130 valence electrons. The molecule has 1 unspecified atom stereocenters. The molecule has 1 aliphatic rings. The van der Waals surface area contributed by atoms with Crippen LogP contribution in [0.15, 0.2) is 21.7 Å². The summed E-state index contributed by atoms with van der Waals surface area (Å²) in [6, 6.07) is 5.88. The molecule has 0 fully saturated rings. The quantitative estimate of drug-likeness (QED) is 0.825. The van der Waals surface area contributed by atoms with Crippen molar-refractivity contribution in [1.29, 1.82) is 5.26 Å². The standard InChI is InChI=1S/C18H20N4O2S/c1-11-3-4-15-13(7-11)9-14(10-19)18(20-15)25-6-5-17(23)21-16-8-12(2)24-22-16/h8-9,11H,3-7H2,1-2H3,(H,21,22,23). The number of hydrogen-bond acceptors (Lipinski definition) is 6. The molecule has 1 atom stereocenters. The van der Waals surface area contributed by atoms with Crippen LogP contribution in [0.4, 0.5) is 5.82 Å². The number of fused-ring (bicyclic) bond motifs is 1. The first-order valence-electron chi connectivity index (χ1n) is 8.34. The SMILES string of the molecule is Cc1cc(NC(=O)CCSc2nc3c(cc2C#N)CC(C)CC3)no1. The molecule has 1 aliphatic carbocycles. The van der Waals surface area contributed by atoms with Crippen molar-refractivity contribution in [1.82, 2.24) is 10.1 Å². The van der Waals surface area contributed by atoms with Gasteiger partial charge in [0.25, 0.3) is 0 Å². The highest BCUT2D eigenvalue weighted by Gasteiger charge is 2.19. The van der Waals surface area contributed by atoms with E-state index >= 15 is 0 Å². The van der Waals surface area contributed by atoms with E-state index in [-0.39, 0.29) is 5.91 Å². The van der Waals surface area contributed by atoms with Gasteiger partial charge in [0.1, 0.15) is 16.9 Å². The number of aryl methyl sites for hydroxylation is 2. The number of rotatable bonds is 5. The van der Waals surface area contributed by atoms with Crippen LogP contribution in [0.2, 0.25) is 0 Å². The highest BCUT2D eigenvalue weighted by Crippen LogP contribution is 2.29. The summed E-state index contributed by atoms with van der Waals surface area (Å²) >= 11 is 1.45. The van der Waals surface area contributed by atoms with Crippen LogP contribution in [0, 0.1) is 24.2 Å². The number of nitrogens with zero attached hydrogens (tertiary/aromatic N) is 3. The number of carbonyl (C=O) groups excluding carboxylic acids is 1. The summed E-state index contributed by atoms with van der Waals surface area (Å²) in [5, 5.41) is 16.5. The van der Waals surface area contributed by atoms with Gasteiger partial charge in [0, 0.05) is 23.9 Å². The lowest BCUT2D eigenvalue weighted by molar-refractivity contribution is -0.115. The van der Waals surface area contributed by atoms with Crippen LogP contribution in [-0.4, -0.2) is 21.8 Å². The van der Waals surface area contributed by atoms with E-state index in [1.165, 1.54) is 17.3 Å². The number of thioether (sulfide) groups is 1. The van der Waals surface area contributed by atoms with Crippen LogP contribution in [0.25, 0.3) is 0 Å². The molecule has 1 amide bonds. The van der Waals surface area contributed by atoms with Crippen molar-refractivity contribution in [2.75, 3.05) is 11.1 Å². The number of nitrogens with one attached hydrogen (secondary N) is 1. The fourth-order valence-corrected chi connectivity index (χ4v) is 3.80. The predicted molar refractivity (Wildman–Crippen MR) is 95.4 cm³/mol. The number of hydrogen-bond donors (Lipinski definition) is 1. The molecule has 25 heavy (non-hydrogen) atoms. The Morgan fingerprint density at radius 1 is 1.52 bits per heavy atom. The smallest absolute Gasteiger partial charge is 0.226 e. The Labute approximate surface area is 151 Å². The summed E-state index contributed by atoms with van der Waals surface area (Å²) in [4.78, 5) is 16.6. The zero-order valence-corrected chi connectivity index (χ0v) is 15.2. The largest absolute Gasteiger partial charge is 0.360 e. The Hall–Kier alpha value is -2.33. The van der Waals surface area contributed by atoms with Crippen molar-refractivity contribution in [3.05, 3.63) is 34.7 Å². The maximum atomic E-state index is 11.9. The molecule has 0 saturated carbocycles. The molecule has 0 spiro atoms. The van der Waals surface area contributed by atoms with Crippen molar-refractivity contribution < 1.29 is 9.32 Å². The molecular formula is C18H20N4O2S. The third-order valence-electron chi connectivity index (χ3n) is 4.18. The summed E-state index contributed by atoms with van der Waals surface area (Å²) in [7, 11) is 0. The second-order valence-corrected chi connectivity index (χ2v) is 7.46. The second-order valence-electron chi connectivity index (χ2n) is 6.38. The fourth-order valence-electron chi connectivity index (χ4n) is 2.89. The molecule has 6 nitrogen and oxygen atoms in total. The molecule has 2 heterocycles. The van der Waals surface area contributed by atoms with Crippen LogP contribution >= 0.6 is 11.8 Å². The van der Waals surface area contributed by atoms with E-state index in [9.17, 15) is 10.1 Å². The lowest BCUT2D eigenvalue weighted by Crippen LogP contribution is -2.14. The average Bonchev–Trinajstić information content (AvgIpc) is 2.99. The van der Waals surface area contributed by atoms with E-state index < -0.39 is 0 Å². The zero-order valence-electron chi connectivity index (χ0n) is 14.3. The van der Waals surface area contributed by atoms with Crippen LogP contribution < -0.4 is 5.32 Å². The van der Waals surface area contributed by atoms with Crippen molar-refractivity contribution in [3.63, 3.8) is 0 Å². The number of anilines is 1. The average molecular weight is 356 g/mol. The lowest BCUT2D eigenvalue weighted by Gasteiger charge is -2.21. The summed E-state index contributed by atoms with van der Waals surface area (Å²) < 4.78 is 4.91. The number of aromatic nitrogens is 2. The van der Waals surface area contributed by atoms with Crippen LogP contribution in [0.5, 0.6) is 0 Å². The first-order valence-corrected chi connectivity index (χ1v) is 9.32. The Balaban J connectivity index is 1.59. The van der Waals surface area contributed by atoms with Gasteiger partial charge in [-0.2, -0.15) is 5.26 Å². The fraction of sp³-hybridized carbons (Fsp3) is 0.444. The molecule has 0 saturated heterocycles. The molecule has 1 N–H and O–H groups in total. The molecule has 0 aromatic carbocycles. The first kappa shape index (κ1) is 17.5. The van der Waals surface area contributed by atoms with E-state index in [0.29, 0.717) is 35.2 Å². The van der Waals surface area contributed by atoms with Gasteiger partial charge in [-0.1, -0.05) is 12.1 Å². The van der Waals surface area contributed by atoms with Crippen LogP contribution in [0.1, 0.15) is 42.3 Å². The maximum absolute atomic E-state index is 11.9. The number of nitriles is 1. The Kier molecular flexibility index (Phi) is 5.39. The summed E-state index contributed by atoms with van der Waals surface area (Å²) in [5.41, 5.74) is 2.89. The number of pyridine rings is 1. The van der Waals surface area contributed by atoms with Gasteiger partial charge in [-0.25, -0.2) is 4.98 Å². The van der Waals surface area contributed by atoms with Crippen molar-refractivity contribution >= 4 is 23.5 Å². The Morgan fingerprint density at radius 3 is 3.08 bits per heavy atom. The van der Waals surface area contributed by atoms with Gasteiger partial charge in [0.05, 0.1) is 5.56 Å². The normalized spacial score (nSPS) is 16.1. The van der Waals surface area contributed by atoms with Crippen molar-refractivity contribution in [2.24, 2.45) is 5.92 Å². The van der Waals surface area contributed by atoms with Gasteiger partial charge >= 0.3 is 0 Å². The van der Waals surface area contributed by atoms with Gasteiger partial charge in [-0.05, 0) is 43.7 Å². The van der Waals surface area contributed by atoms with E-state index in [1.807, 2.05) is 6.07 Å². The van der Waals surface area contributed by atoms with E-state index in [1.54, 1.807) is 13.0 Å². The highest BCUT2D eigenvalue weighted by molar-refractivity contribution is 7.99. The number of amides is 1. The van der Waals surface area contributed by atoms with Crippen molar-refractivity contribution in [2.45, 2.75) is 44.6 Å². The molecule has 2 aromatic heterocycles. The summed E-state index contributed by atoms with van der Waals surface area (Å²) in [6.45, 7) is 4.00. The highest BCUT2D eigenvalue weighted by atomic mass is 32.2. The third kappa shape index (κ3) is 4.40. The Bertz CT molecular complexity index is 825. The van der Waals surface area contributed by atoms with E-state index in [4.69, 9.17) is 4.52 Å². The third-order valence-corrected chi connectivity index (χ3v) is 5.18. The molecule has 0 radical (unpaired) electrons. The molecule has 3 rings (SSSR count). The van der Waals surface area contributed by atoms with Crippen molar-refractivity contribution in [3.8, 4) is 6.07 Å². The molecule has 0 aliphatic heterocycles. The monoisotopic (exact) mass is 356 g/mol. The number of carbonyl (C=O) groups is 1. The molecule has 7 heteroatoms. The molecular weight excluding hydrogens is 336 g/mol. The molecule has 0 bridgehead atoms. The molecule has 2 aromatic rings. The zero-order chi connectivity index (χ0) is 17.8. The lowest BCUT2D eigenvalue weighted by atomic mass is 9.87. The van der Waals surface area contributed by atoms with Crippen LogP contribution in [0.3, 0.4) is 0 Å². The summed E-state index contributed by atoms with van der Waals surface area (Å²) in [6.07, 6.45) is 3.40. The van der Waals surface area contributed by atoms with E-state index in [2.05, 4.69) is 28.5 Å². The van der Waals surface area contributed by atoms with E-state index in [0.717, 1.165) is 30.0 Å². The minimum Gasteiger partial charge on any atom is -0.360 e. The maximum Gasteiger partial charge on any atom is 0.226 e. The second kappa shape index (κ2) is 7.70. The minimum absolute atomic E-state index is 0.133. The van der Waals surface area contributed by atoms with Gasteiger partial charge in [-0.15, -0.1) is 11.8 Å². The van der Waals surface area contributed by atoms with Gasteiger partial charge in [0.15, 0.2) is 5.82 Å². The predicted octanol–water partition coefficient (Wildman–Crippen LogP) is 3.50. The topological polar surface area (TPSA) is 91.8 Å². The van der Waals surface area contributed by atoms with Gasteiger partial charge in [-0.3, -0.25) is 4.79 Å².